The molecule has 18 heavy (non-hydrogen) atoms. The highest BCUT2D eigenvalue weighted by Gasteiger charge is 2.19. The average Bonchev–Trinajstić information content (AvgIpc) is 2.42. The van der Waals surface area contributed by atoms with Crippen LogP contribution in [0, 0.1) is 12.8 Å². The molecule has 1 aromatic carbocycles. The van der Waals surface area contributed by atoms with Crippen LogP contribution in [0.3, 0.4) is 0 Å². The predicted octanol–water partition coefficient (Wildman–Crippen LogP) is 5.76. The first-order chi connectivity index (χ1) is 8.83. The van der Waals surface area contributed by atoms with Crippen LogP contribution in [0.15, 0.2) is 30.3 Å². The van der Waals surface area contributed by atoms with E-state index in [-0.39, 0.29) is 0 Å². The van der Waals surface area contributed by atoms with Crippen LogP contribution in [0.5, 0.6) is 0 Å². The second-order valence-electron chi connectivity index (χ2n) is 5.60. The molecular weight excluding hydrogens is 216 g/mol. The lowest BCUT2D eigenvalue weighted by molar-refractivity contribution is 0.429. The van der Waals surface area contributed by atoms with Crippen molar-refractivity contribution in [3.05, 3.63) is 41.5 Å². The van der Waals surface area contributed by atoms with Crippen molar-refractivity contribution in [2.45, 2.75) is 58.8 Å². The maximum atomic E-state index is 2.51. The van der Waals surface area contributed by atoms with Gasteiger partial charge >= 0.3 is 0 Å². The van der Waals surface area contributed by atoms with Crippen LogP contribution < -0.4 is 0 Å². The number of aryl methyl sites for hydroxylation is 1. The highest BCUT2D eigenvalue weighted by molar-refractivity contribution is 5.69. The molecule has 0 atom stereocenters. The number of hydrogen-bond acceptors (Lipinski definition) is 0. The average molecular weight is 242 g/mol. The van der Waals surface area contributed by atoms with Gasteiger partial charge in [-0.1, -0.05) is 62.9 Å². The molecule has 0 saturated heterocycles. The van der Waals surface area contributed by atoms with E-state index in [1.807, 2.05) is 0 Å². The quantitative estimate of drug-likeness (QED) is 0.629. The molecule has 0 heterocycles. The number of hydrogen-bond donors (Lipinski definition) is 0. The monoisotopic (exact) mass is 242 g/mol. The zero-order valence-corrected chi connectivity index (χ0v) is 11.9. The van der Waals surface area contributed by atoms with Crippen LogP contribution >= 0.6 is 0 Å². The first-order valence-corrected chi connectivity index (χ1v) is 7.59. The predicted molar refractivity (Wildman–Crippen MR) is 80.6 cm³/mol. The molecule has 0 aromatic heterocycles. The summed E-state index contributed by atoms with van der Waals surface area (Å²) in [5.74, 6) is 0.811. The number of allylic oxidation sites excluding steroid dienone is 2. The minimum Gasteiger partial charge on any atom is -0.0804 e. The molecular formula is C18H26. The Bertz CT molecular complexity index is 394. The summed E-state index contributed by atoms with van der Waals surface area (Å²) in [5, 5.41) is 0. The number of rotatable bonds is 4. The topological polar surface area (TPSA) is 0 Å². The molecule has 1 aliphatic rings. The van der Waals surface area contributed by atoms with Crippen molar-refractivity contribution in [2.24, 2.45) is 5.92 Å². The second kappa shape index (κ2) is 6.78. The van der Waals surface area contributed by atoms with Gasteiger partial charge in [0, 0.05) is 0 Å². The Hall–Kier alpha value is -1.04. The van der Waals surface area contributed by atoms with E-state index in [1.165, 1.54) is 56.1 Å². The molecule has 0 spiro atoms. The van der Waals surface area contributed by atoms with E-state index >= 15 is 0 Å². The van der Waals surface area contributed by atoms with Crippen molar-refractivity contribution in [3.63, 3.8) is 0 Å². The molecule has 0 amide bonds. The number of unbranched alkanes of at least 4 members (excludes halogenated alkanes) is 1. The van der Waals surface area contributed by atoms with Gasteiger partial charge in [-0.25, -0.2) is 0 Å². The van der Waals surface area contributed by atoms with Crippen LogP contribution in [-0.4, -0.2) is 0 Å². The summed E-state index contributed by atoms with van der Waals surface area (Å²) in [6.45, 7) is 4.52. The van der Waals surface area contributed by atoms with Crippen LogP contribution in [-0.2, 0) is 0 Å². The van der Waals surface area contributed by atoms with Crippen LogP contribution in [0.25, 0.3) is 5.57 Å². The van der Waals surface area contributed by atoms with E-state index in [2.05, 4.69) is 44.2 Å². The molecule has 0 N–H and O–H groups in total. The van der Waals surface area contributed by atoms with Gasteiger partial charge in [0.15, 0.2) is 0 Å². The first-order valence-electron chi connectivity index (χ1n) is 7.59. The zero-order chi connectivity index (χ0) is 12.8. The van der Waals surface area contributed by atoms with E-state index in [1.54, 1.807) is 5.57 Å². The molecule has 0 bridgehead atoms. The molecule has 0 unspecified atom stereocenters. The lowest BCUT2D eigenvalue weighted by Gasteiger charge is -2.26. The summed E-state index contributed by atoms with van der Waals surface area (Å²) < 4.78 is 0. The van der Waals surface area contributed by atoms with E-state index in [9.17, 15) is 0 Å². The molecule has 98 valence electrons. The van der Waals surface area contributed by atoms with Crippen molar-refractivity contribution in [1.29, 1.82) is 0 Å². The third-order valence-corrected chi connectivity index (χ3v) is 4.15. The zero-order valence-electron chi connectivity index (χ0n) is 11.9. The Morgan fingerprint density at radius 1 is 1.17 bits per heavy atom. The highest BCUT2D eigenvalue weighted by Crippen LogP contribution is 2.36. The van der Waals surface area contributed by atoms with E-state index < -0.39 is 0 Å². The first kappa shape index (κ1) is 13.4. The van der Waals surface area contributed by atoms with E-state index in [4.69, 9.17) is 0 Å². The lowest BCUT2D eigenvalue weighted by atomic mass is 9.79. The van der Waals surface area contributed by atoms with Gasteiger partial charge in [-0.2, -0.15) is 0 Å². The van der Waals surface area contributed by atoms with Gasteiger partial charge in [0.1, 0.15) is 0 Å². The second-order valence-corrected chi connectivity index (χ2v) is 5.60. The van der Waals surface area contributed by atoms with E-state index in [0.717, 1.165) is 5.92 Å². The third kappa shape index (κ3) is 3.25. The minimum absolute atomic E-state index is 0.811. The fraction of sp³-hybridized carbons (Fsp3) is 0.556. The number of benzene rings is 1. The van der Waals surface area contributed by atoms with Gasteiger partial charge in [0.25, 0.3) is 0 Å². The van der Waals surface area contributed by atoms with Crippen LogP contribution in [0.1, 0.15) is 63.0 Å². The van der Waals surface area contributed by atoms with Crippen molar-refractivity contribution in [1.82, 2.24) is 0 Å². The molecule has 0 radical (unpaired) electrons. The molecule has 1 aliphatic carbocycles. The minimum atomic E-state index is 0.811. The SMILES string of the molecule is CCC/C=C(\c1ccccc1C)C1CCCCC1. The fourth-order valence-electron chi connectivity index (χ4n) is 3.11. The maximum Gasteiger partial charge on any atom is -0.0159 e. The van der Waals surface area contributed by atoms with Crippen molar-refractivity contribution < 1.29 is 0 Å². The summed E-state index contributed by atoms with van der Waals surface area (Å²) >= 11 is 0. The largest absolute Gasteiger partial charge is 0.0804 e. The van der Waals surface area contributed by atoms with Crippen LogP contribution in [0.4, 0.5) is 0 Å². The van der Waals surface area contributed by atoms with Gasteiger partial charge < -0.3 is 0 Å². The molecule has 1 aromatic rings. The van der Waals surface area contributed by atoms with Crippen molar-refractivity contribution in [3.8, 4) is 0 Å². The smallest absolute Gasteiger partial charge is 0.0159 e. The normalized spacial score (nSPS) is 18.0. The molecule has 0 heteroatoms. The highest BCUT2D eigenvalue weighted by atomic mass is 14.2. The Morgan fingerprint density at radius 2 is 1.89 bits per heavy atom. The molecule has 0 nitrogen and oxygen atoms in total. The van der Waals surface area contributed by atoms with Crippen molar-refractivity contribution in [2.75, 3.05) is 0 Å². The van der Waals surface area contributed by atoms with Gasteiger partial charge in [0.05, 0.1) is 0 Å². The van der Waals surface area contributed by atoms with Gasteiger partial charge in [0.2, 0.25) is 0 Å². The maximum absolute atomic E-state index is 2.51. The Kier molecular flexibility index (Phi) is 5.04. The fourth-order valence-corrected chi connectivity index (χ4v) is 3.11. The molecule has 0 aliphatic heterocycles. The van der Waals surface area contributed by atoms with E-state index in [0.29, 0.717) is 0 Å². The summed E-state index contributed by atoms with van der Waals surface area (Å²) in [6.07, 6.45) is 12.0. The molecule has 1 saturated carbocycles. The molecule has 1 fully saturated rings. The van der Waals surface area contributed by atoms with Crippen molar-refractivity contribution >= 4 is 5.57 Å². The van der Waals surface area contributed by atoms with Gasteiger partial charge in [-0.05, 0) is 48.8 Å². The third-order valence-electron chi connectivity index (χ3n) is 4.15. The van der Waals surface area contributed by atoms with Gasteiger partial charge in [-0.15, -0.1) is 0 Å². The molecule has 2 rings (SSSR count). The summed E-state index contributed by atoms with van der Waals surface area (Å²) in [4.78, 5) is 0. The van der Waals surface area contributed by atoms with Crippen LogP contribution in [0.2, 0.25) is 0 Å². The summed E-state index contributed by atoms with van der Waals surface area (Å²) in [7, 11) is 0. The Labute approximate surface area is 112 Å². The van der Waals surface area contributed by atoms with Gasteiger partial charge in [-0.3, -0.25) is 0 Å². The summed E-state index contributed by atoms with van der Waals surface area (Å²) in [6, 6.07) is 8.89. The Balaban J connectivity index is 2.27. The standard InChI is InChI=1S/C18H26/c1-3-4-13-18(16-11-6-5-7-12-16)17-14-9-8-10-15(17)2/h8-10,13-14,16H,3-7,11-12H2,1-2H3/b18-13-. The lowest BCUT2D eigenvalue weighted by Crippen LogP contribution is -2.09. The summed E-state index contributed by atoms with van der Waals surface area (Å²) in [5.41, 5.74) is 4.57. The Morgan fingerprint density at radius 3 is 2.56 bits per heavy atom.